The van der Waals surface area contributed by atoms with Gasteiger partial charge in [0.15, 0.2) is 5.76 Å². The molecule has 1 aliphatic heterocycles. The van der Waals surface area contributed by atoms with E-state index in [0.717, 1.165) is 5.56 Å². The van der Waals surface area contributed by atoms with Crippen LogP contribution in [0.4, 0.5) is 8.78 Å². The summed E-state index contributed by atoms with van der Waals surface area (Å²) in [7, 11) is 0. The fourth-order valence-electron chi connectivity index (χ4n) is 2.78. The van der Waals surface area contributed by atoms with E-state index in [1.807, 2.05) is 0 Å². The van der Waals surface area contributed by atoms with E-state index in [2.05, 4.69) is 0 Å². The number of hydrogen-bond acceptors (Lipinski definition) is 3. The molecule has 0 aromatic heterocycles. The van der Waals surface area contributed by atoms with E-state index in [1.165, 1.54) is 36.4 Å². The van der Waals surface area contributed by atoms with Crippen LogP contribution in [0, 0.1) is 11.6 Å². The van der Waals surface area contributed by atoms with Crippen LogP contribution < -0.4 is 9.47 Å². The number of ketones is 1. The van der Waals surface area contributed by atoms with Crippen molar-refractivity contribution in [2.75, 3.05) is 0 Å². The number of hydrogen-bond donors (Lipinski definition) is 0. The lowest BCUT2D eigenvalue weighted by Crippen LogP contribution is -1.99. The van der Waals surface area contributed by atoms with Gasteiger partial charge in [-0.1, -0.05) is 29.8 Å². The van der Waals surface area contributed by atoms with Crippen molar-refractivity contribution in [3.8, 4) is 11.5 Å². The highest BCUT2D eigenvalue weighted by Gasteiger charge is 2.28. The molecule has 0 aliphatic carbocycles. The van der Waals surface area contributed by atoms with Gasteiger partial charge in [0.2, 0.25) is 5.78 Å². The predicted molar refractivity (Wildman–Crippen MR) is 102 cm³/mol. The number of allylic oxidation sites excluding steroid dienone is 1. The van der Waals surface area contributed by atoms with E-state index in [0.29, 0.717) is 17.1 Å². The van der Waals surface area contributed by atoms with E-state index in [4.69, 9.17) is 21.1 Å². The summed E-state index contributed by atoms with van der Waals surface area (Å²) < 4.78 is 38.2. The molecule has 0 bridgehead atoms. The summed E-state index contributed by atoms with van der Waals surface area (Å²) >= 11 is 6.01. The van der Waals surface area contributed by atoms with Crippen molar-refractivity contribution < 1.29 is 23.0 Å². The fourth-order valence-corrected chi connectivity index (χ4v) is 3.00. The molecular formula is C22H13ClF2O3. The third kappa shape index (κ3) is 3.62. The Kier molecular flexibility index (Phi) is 4.84. The molecule has 3 aromatic carbocycles. The van der Waals surface area contributed by atoms with Crippen molar-refractivity contribution in [1.82, 2.24) is 0 Å². The van der Waals surface area contributed by atoms with Crippen LogP contribution in [0.5, 0.6) is 11.5 Å². The van der Waals surface area contributed by atoms with E-state index in [-0.39, 0.29) is 34.6 Å². The third-order valence-electron chi connectivity index (χ3n) is 4.24. The van der Waals surface area contributed by atoms with Gasteiger partial charge in [0.05, 0.1) is 10.6 Å². The molecule has 0 N–H and O–H groups in total. The lowest BCUT2D eigenvalue weighted by Gasteiger charge is -2.07. The molecule has 0 atom stereocenters. The Morgan fingerprint density at radius 2 is 1.82 bits per heavy atom. The number of carbonyl (C=O) groups is 1. The fraction of sp³-hybridized carbons (Fsp3) is 0.0455. The van der Waals surface area contributed by atoms with E-state index >= 15 is 0 Å². The minimum atomic E-state index is -0.546. The van der Waals surface area contributed by atoms with Gasteiger partial charge in [-0.25, -0.2) is 8.78 Å². The molecular weight excluding hydrogens is 386 g/mol. The van der Waals surface area contributed by atoms with E-state index < -0.39 is 5.82 Å². The lowest BCUT2D eigenvalue weighted by atomic mass is 10.1. The van der Waals surface area contributed by atoms with Gasteiger partial charge in [-0.3, -0.25) is 4.79 Å². The van der Waals surface area contributed by atoms with Gasteiger partial charge in [-0.05, 0) is 48.0 Å². The second-order valence-corrected chi connectivity index (χ2v) is 6.56. The maximum Gasteiger partial charge on any atom is 0.231 e. The summed E-state index contributed by atoms with van der Waals surface area (Å²) in [6.07, 6.45) is 1.29. The zero-order valence-corrected chi connectivity index (χ0v) is 15.2. The standard InChI is InChI=1S/C22H13ClF2O3/c23-18-2-1-3-19(25)17(18)11-21-22(26)16-9-8-15(10-20(16)28-21)27-12-13-4-6-14(24)7-5-13/h1-11H,12H2/b21-11+. The number of Topliss-reactive ketones (excluding diaryl/α,β-unsaturated/α-hetero) is 1. The largest absolute Gasteiger partial charge is 0.489 e. The van der Waals surface area contributed by atoms with E-state index in [9.17, 15) is 13.6 Å². The second-order valence-electron chi connectivity index (χ2n) is 6.15. The normalized spacial score (nSPS) is 14.1. The Morgan fingerprint density at radius 3 is 2.57 bits per heavy atom. The molecule has 1 heterocycles. The van der Waals surface area contributed by atoms with Gasteiger partial charge in [-0.15, -0.1) is 0 Å². The zero-order valence-electron chi connectivity index (χ0n) is 14.4. The van der Waals surface area contributed by atoms with Crippen molar-refractivity contribution in [2.45, 2.75) is 6.61 Å². The van der Waals surface area contributed by atoms with Crippen LogP contribution in [-0.2, 0) is 6.61 Å². The lowest BCUT2D eigenvalue weighted by molar-refractivity contribution is 0.101. The minimum Gasteiger partial charge on any atom is -0.489 e. The van der Waals surface area contributed by atoms with Gasteiger partial charge in [0.25, 0.3) is 0 Å². The third-order valence-corrected chi connectivity index (χ3v) is 4.56. The van der Waals surface area contributed by atoms with Gasteiger partial charge in [0, 0.05) is 11.6 Å². The van der Waals surface area contributed by atoms with E-state index in [1.54, 1.807) is 30.3 Å². The maximum absolute atomic E-state index is 14.0. The predicted octanol–water partition coefficient (Wildman–Crippen LogP) is 5.81. The summed E-state index contributed by atoms with van der Waals surface area (Å²) in [6, 6.07) is 15.0. The molecule has 28 heavy (non-hydrogen) atoms. The Balaban J connectivity index is 1.54. The number of fused-ring (bicyclic) bond motifs is 1. The summed E-state index contributed by atoms with van der Waals surface area (Å²) in [5.41, 5.74) is 1.25. The van der Waals surface area contributed by atoms with Crippen LogP contribution in [0.2, 0.25) is 5.02 Å². The van der Waals surface area contributed by atoms with Crippen molar-refractivity contribution >= 4 is 23.5 Å². The summed E-state index contributed by atoms with van der Waals surface area (Å²) in [5, 5.41) is 0.183. The molecule has 140 valence electrons. The molecule has 0 radical (unpaired) electrons. The first-order valence-corrected chi connectivity index (χ1v) is 8.78. The Hall–Kier alpha value is -3.18. The molecule has 4 rings (SSSR count). The molecule has 0 unspecified atom stereocenters. The average Bonchev–Trinajstić information content (AvgIpc) is 2.99. The second kappa shape index (κ2) is 7.44. The molecule has 1 aliphatic rings. The molecule has 0 spiro atoms. The SMILES string of the molecule is O=C1/C(=C\c2c(F)cccc2Cl)Oc2cc(OCc3ccc(F)cc3)ccc21. The van der Waals surface area contributed by atoms with Crippen molar-refractivity contribution in [3.05, 3.63) is 99.8 Å². The van der Waals surface area contributed by atoms with Gasteiger partial charge in [-0.2, -0.15) is 0 Å². The Morgan fingerprint density at radius 1 is 1.04 bits per heavy atom. The quantitative estimate of drug-likeness (QED) is 0.520. The Bertz CT molecular complexity index is 1070. The molecule has 6 heteroatoms. The molecule has 3 aromatic rings. The van der Waals surface area contributed by atoms with Crippen molar-refractivity contribution in [3.63, 3.8) is 0 Å². The first kappa shape index (κ1) is 18.2. The summed E-state index contributed by atoms with van der Waals surface area (Å²) in [4.78, 5) is 12.5. The van der Waals surface area contributed by atoms with Crippen molar-refractivity contribution in [2.24, 2.45) is 0 Å². The molecule has 0 fully saturated rings. The number of rotatable bonds is 4. The topological polar surface area (TPSA) is 35.5 Å². The first-order chi connectivity index (χ1) is 13.5. The molecule has 0 saturated carbocycles. The maximum atomic E-state index is 14.0. The highest BCUT2D eigenvalue weighted by atomic mass is 35.5. The minimum absolute atomic E-state index is 0.0160. The van der Waals surface area contributed by atoms with Gasteiger partial charge >= 0.3 is 0 Å². The number of benzene rings is 3. The Labute approximate surface area is 164 Å². The van der Waals surface area contributed by atoms with Crippen LogP contribution >= 0.6 is 11.6 Å². The summed E-state index contributed by atoms with van der Waals surface area (Å²) in [5.74, 6) is -0.434. The molecule has 0 amide bonds. The smallest absolute Gasteiger partial charge is 0.231 e. The number of halogens is 3. The number of ether oxygens (including phenoxy) is 2. The van der Waals surface area contributed by atoms with Crippen LogP contribution in [0.15, 0.2) is 66.4 Å². The van der Waals surface area contributed by atoms with Crippen LogP contribution in [0.3, 0.4) is 0 Å². The molecule has 0 saturated heterocycles. The van der Waals surface area contributed by atoms with Crippen LogP contribution in [0.25, 0.3) is 6.08 Å². The highest BCUT2D eigenvalue weighted by Crippen LogP contribution is 2.36. The first-order valence-electron chi connectivity index (χ1n) is 8.41. The van der Waals surface area contributed by atoms with Crippen LogP contribution in [0.1, 0.15) is 21.5 Å². The zero-order chi connectivity index (χ0) is 19.7. The average molecular weight is 399 g/mol. The summed E-state index contributed by atoms with van der Waals surface area (Å²) in [6.45, 7) is 0.237. The van der Waals surface area contributed by atoms with Crippen molar-refractivity contribution in [1.29, 1.82) is 0 Å². The molecule has 3 nitrogen and oxygen atoms in total. The number of carbonyl (C=O) groups excluding carboxylic acids is 1. The monoisotopic (exact) mass is 398 g/mol. The van der Waals surface area contributed by atoms with Gasteiger partial charge < -0.3 is 9.47 Å². The highest BCUT2D eigenvalue weighted by molar-refractivity contribution is 6.32. The van der Waals surface area contributed by atoms with Gasteiger partial charge in [0.1, 0.15) is 29.7 Å². The van der Waals surface area contributed by atoms with Crippen LogP contribution in [-0.4, -0.2) is 5.78 Å².